The van der Waals surface area contributed by atoms with Crippen molar-refractivity contribution in [2.45, 2.75) is 64.8 Å². The van der Waals surface area contributed by atoms with Gasteiger partial charge in [-0.15, -0.1) is 0 Å². The quantitative estimate of drug-likeness (QED) is 0.660. The van der Waals surface area contributed by atoms with Crippen LogP contribution in [-0.2, 0) is 6.42 Å². The van der Waals surface area contributed by atoms with Gasteiger partial charge in [0.2, 0.25) is 0 Å². The lowest BCUT2D eigenvalue weighted by molar-refractivity contribution is 0.498. The first kappa shape index (κ1) is 15.2. The molecule has 1 heterocycles. The van der Waals surface area contributed by atoms with Crippen molar-refractivity contribution >= 4 is 0 Å². The van der Waals surface area contributed by atoms with Crippen molar-refractivity contribution in [2.24, 2.45) is 0 Å². The fourth-order valence-corrected chi connectivity index (χ4v) is 2.48. The highest BCUT2D eigenvalue weighted by Crippen LogP contribution is 2.23. The van der Waals surface area contributed by atoms with Gasteiger partial charge in [0.1, 0.15) is 0 Å². The highest BCUT2D eigenvalue weighted by Gasteiger charge is 2.12. The fraction of sp³-hybridized carbons (Fsp3) is 0.688. The van der Waals surface area contributed by atoms with Gasteiger partial charge < -0.3 is 5.32 Å². The van der Waals surface area contributed by atoms with Gasteiger partial charge in [-0.05, 0) is 37.1 Å². The predicted octanol–water partition coefficient (Wildman–Crippen LogP) is 4.27. The van der Waals surface area contributed by atoms with E-state index in [2.05, 4.69) is 37.3 Å². The zero-order valence-electron chi connectivity index (χ0n) is 12.2. The molecule has 0 amide bonds. The number of hydrogen-bond donors (Lipinski definition) is 1. The number of pyridine rings is 1. The smallest absolute Gasteiger partial charge is 0.0321 e. The third-order valence-electron chi connectivity index (χ3n) is 3.64. The van der Waals surface area contributed by atoms with Gasteiger partial charge in [-0.2, -0.15) is 0 Å². The minimum absolute atomic E-state index is 0.490. The van der Waals surface area contributed by atoms with Crippen LogP contribution in [0.4, 0.5) is 0 Å². The zero-order chi connectivity index (χ0) is 13.2. The maximum absolute atomic E-state index is 4.23. The molecule has 0 fully saturated rings. The van der Waals surface area contributed by atoms with E-state index in [1.165, 1.54) is 49.7 Å². The normalized spacial score (nSPS) is 12.6. The Kier molecular flexibility index (Phi) is 7.66. The molecular formula is C16H28N2. The number of aryl methyl sites for hydroxylation is 1. The van der Waals surface area contributed by atoms with E-state index >= 15 is 0 Å². The summed E-state index contributed by atoms with van der Waals surface area (Å²) in [7, 11) is 2.07. The molecular weight excluding hydrogens is 220 g/mol. The van der Waals surface area contributed by atoms with Gasteiger partial charge in [0.05, 0.1) is 0 Å². The van der Waals surface area contributed by atoms with Crippen molar-refractivity contribution < 1.29 is 0 Å². The first-order chi connectivity index (χ1) is 8.83. The summed E-state index contributed by atoms with van der Waals surface area (Å²) < 4.78 is 0. The van der Waals surface area contributed by atoms with E-state index in [1.807, 2.05) is 12.4 Å². The summed E-state index contributed by atoms with van der Waals surface area (Å²) in [5, 5.41) is 3.46. The third-order valence-corrected chi connectivity index (χ3v) is 3.64. The molecule has 0 aliphatic rings. The second-order valence-corrected chi connectivity index (χ2v) is 4.97. The van der Waals surface area contributed by atoms with Crippen molar-refractivity contribution in [3.8, 4) is 0 Å². The van der Waals surface area contributed by atoms with Crippen molar-refractivity contribution in [2.75, 3.05) is 7.05 Å². The largest absolute Gasteiger partial charge is 0.313 e. The van der Waals surface area contributed by atoms with Crippen molar-refractivity contribution in [3.63, 3.8) is 0 Å². The van der Waals surface area contributed by atoms with E-state index < -0.39 is 0 Å². The summed E-state index contributed by atoms with van der Waals surface area (Å²) in [6.45, 7) is 4.47. The topological polar surface area (TPSA) is 24.9 Å². The summed E-state index contributed by atoms with van der Waals surface area (Å²) in [6.07, 6.45) is 13.0. The fourth-order valence-electron chi connectivity index (χ4n) is 2.48. The van der Waals surface area contributed by atoms with Crippen LogP contribution in [0.3, 0.4) is 0 Å². The number of unbranched alkanes of at least 4 members (excludes halogenated alkanes) is 4. The van der Waals surface area contributed by atoms with Crippen molar-refractivity contribution in [1.82, 2.24) is 10.3 Å². The predicted molar refractivity (Wildman–Crippen MR) is 78.8 cm³/mol. The van der Waals surface area contributed by atoms with Gasteiger partial charge in [-0.3, -0.25) is 4.98 Å². The Balaban J connectivity index is 2.49. The number of rotatable bonds is 9. The molecule has 1 atom stereocenters. The molecule has 0 aliphatic carbocycles. The Bertz CT molecular complexity index is 323. The van der Waals surface area contributed by atoms with E-state index in [9.17, 15) is 0 Å². The SMILES string of the molecule is CCCCCCCC(NC)c1ccncc1CC. The van der Waals surface area contributed by atoms with Gasteiger partial charge in [-0.1, -0.05) is 46.0 Å². The minimum atomic E-state index is 0.490. The summed E-state index contributed by atoms with van der Waals surface area (Å²) in [5.74, 6) is 0. The van der Waals surface area contributed by atoms with Gasteiger partial charge in [0.15, 0.2) is 0 Å². The maximum atomic E-state index is 4.23. The van der Waals surface area contributed by atoms with Gasteiger partial charge in [0.25, 0.3) is 0 Å². The van der Waals surface area contributed by atoms with Gasteiger partial charge in [0, 0.05) is 18.4 Å². The van der Waals surface area contributed by atoms with Crippen LogP contribution >= 0.6 is 0 Å². The molecule has 0 spiro atoms. The molecule has 1 unspecified atom stereocenters. The molecule has 1 aromatic heterocycles. The lowest BCUT2D eigenvalue weighted by Crippen LogP contribution is -2.18. The first-order valence-corrected chi connectivity index (χ1v) is 7.43. The molecule has 2 nitrogen and oxygen atoms in total. The molecule has 18 heavy (non-hydrogen) atoms. The molecule has 0 bridgehead atoms. The number of nitrogens with zero attached hydrogens (tertiary/aromatic N) is 1. The highest BCUT2D eigenvalue weighted by atomic mass is 14.9. The molecule has 2 heteroatoms. The maximum Gasteiger partial charge on any atom is 0.0321 e. The van der Waals surface area contributed by atoms with Crippen LogP contribution in [0.25, 0.3) is 0 Å². The van der Waals surface area contributed by atoms with Crippen LogP contribution in [0.5, 0.6) is 0 Å². The van der Waals surface area contributed by atoms with E-state index in [-0.39, 0.29) is 0 Å². The molecule has 0 aromatic carbocycles. The van der Waals surface area contributed by atoms with Crippen molar-refractivity contribution in [1.29, 1.82) is 0 Å². The first-order valence-electron chi connectivity index (χ1n) is 7.43. The van der Waals surface area contributed by atoms with Crippen LogP contribution in [0.1, 0.15) is 69.5 Å². The van der Waals surface area contributed by atoms with E-state index in [0.29, 0.717) is 6.04 Å². The number of hydrogen-bond acceptors (Lipinski definition) is 2. The monoisotopic (exact) mass is 248 g/mol. The Morgan fingerprint density at radius 1 is 1.17 bits per heavy atom. The zero-order valence-corrected chi connectivity index (χ0v) is 12.2. The summed E-state index contributed by atoms with van der Waals surface area (Å²) in [4.78, 5) is 4.23. The van der Waals surface area contributed by atoms with Crippen LogP contribution in [0, 0.1) is 0 Å². The third kappa shape index (κ3) is 4.77. The Hall–Kier alpha value is -0.890. The van der Waals surface area contributed by atoms with Gasteiger partial charge in [-0.25, -0.2) is 0 Å². The highest BCUT2D eigenvalue weighted by molar-refractivity contribution is 5.26. The molecule has 0 radical (unpaired) electrons. The lowest BCUT2D eigenvalue weighted by Gasteiger charge is -2.19. The van der Waals surface area contributed by atoms with Crippen molar-refractivity contribution in [3.05, 3.63) is 29.6 Å². The second kappa shape index (κ2) is 9.09. The molecule has 0 saturated heterocycles. The Morgan fingerprint density at radius 3 is 2.61 bits per heavy atom. The van der Waals surface area contributed by atoms with Gasteiger partial charge >= 0.3 is 0 Å². The van der Waals surface area contributed by atoms with E-state index in [0.717, 1.165) is 6.42 Å². The standard InChI is InChI=1S/C16H28N2/c1-4-6-7-8-9-10-16(17-3)15-11-12-18-13-14(15)5-2/h11-13,16-17H,4-10H2,1-3H3. The summed E-state index contributed by atoms with van der Waals surface area (Å²) in [5.41, 5.74) is 2.82. The number of aromatic nitrogens is 1. The van der Waals surface area contributed by atoms with E-state index in [4.69, 9.17) is 0 Å². The Morgan fingerprint density at radius 2 is 1.94 bits per heavy atom. The summed E-state index contributed by atoms with van der Waals surface area (Å²) in [6, 6.07) is 2.66. The average Bonchev–Trinajstić information content (AvgIpc) is 2.43. The van der Waals surface area contributed by atoms with Crippen LogP contribution in [0.2, 0.25) is 0 Å². The molecule has 0 saturated carbocycles. The molecule has 1 aromatic rings. The molecule has 1 rings (SSSR count). The van der Waals surface area contributed by atoms with Crippen LogP contribution < -0.4 is 5.32 Å². The lowest BCUT2D eigenvalue weighted by atomic mass is 9.96. The van der Waals surface area contributed by atoms with Crippen LogP contribution in [0.15, 0.2) is 18.5 Å². The summed E-state index contributed by atoms with van der Waals surface area (Å²) >= 11 is 0. The molecule has 0 aliphatic heterocycles. The van der Waals surface area contributed by atoms with E-state index in [1.54, 1.807) is 0 Å². The average molecular weight is 248 g/mol. The Labute approximate surface area is 112 Å². The minimum Gasteiger partial charge on any atom is -0.313 e. The second-order valence-electron chi connectivity index (χ2n) is 4.97. The van der Waals surface area contributed by atoms with Crippen LogP contribution in [-0.4, -0.2) is 12.0 Å². The molecule has 1 N–H and O–H groups in total. The number of nitrogens with one attached hydrogen (secondary N) is 1. The molecule has 102 valence electrons.